The number of aliphatic carboxylic acids is 1. The van der Waals surface area contributed by atoms with Gasteiger partial charge in [0.2, 0.25) is 5.91 Å². The molecule has 1 saturated heterocycles. The first kappa shape index (κ1) is 13.3. The Hall–Kier alpha value is -1.10. The molecule has 0 aromatic rings. The van der Waals surface area contributed by atoms with Gasteiger partial charge in [0.15, 0.2) is 0 Å². The maximum Gasteiger partial charge on any atom is 0.306 e. The third-order valence-electron chi connectivity index (χ3n) is 3.91. The van der Waals surface area contributed by atoms with Crippen LogP contribution in [0.25, 0.3) is 0 Å². The van der Waals surface area contributed by atoms with Gasteiger partial charge in [0.25, 0.3) is 0 Å². The van der Waals surface area contributed by atoms with E-state index in [0.29, 0.717) is 6.54 Å². The van der Waals surface area contributed by atoms with Crippen molar-refractivity contribution in [3.63, 3.8) is 0 Å². The Morgan fingerprint density at radius 3 is 2.72 bits per heavy atom. The zero-order valence-electron chi connectivity index (χ0n) is 10.9. The summed E-state index contributed by atoms with van der Waals surface area (Å²) in [5.41, 5.74) is -0.739. The lowest BCUT2D eigenvalue weighted by atomic mass is 9.91. The van der Waals surface area contributed by atoms with Crippen molar-refractivity contribution < 1.29 is 19.4 Å². The molecule has 1 amide bonds. The molecule has 1 atom stereocenters. The first-order valence-electron chi connectivity index (χ1n) is 6.65. The smallest absolute Gasteiger partial charge is 0.306 e. The van der Waals surface area contributed by atoms with E-state index < -0.39 is 11.6 Å². The van der Waals surface area contributed by atoms with Crippen molar-refractivity contribution >= 4 is 11.9 Å². The molecule has 5 nitrogen and oxygen atoms in total. The van der Waals surface area contributed by atoms with Crippen LogP contribution < -0.4 is 0 Å². The van der Waals surface area contributed by atoms with Gasteiger partial charge in [0, 0.05) is 6.04 Å². The van der Waals surface area contributed by atoms with Crippen LogP contribution in [-0.4, -0.2) is 46.7 Å². The van der Waals surface area contributed by atoms with Crippen molar-refractivity contribution in [2.75, 3.05) is 13.2 Å². The molecule has 0 aromatic heterocycles. The number of ether oxygens (including phenoxy) is 1. The minimum Gasteiger partial charge on any atom is -0.481 e. The van der Waals surface area contributed by atoms with E-state index in [4.69, 9.17) is 9.84 Å². The van der Waals surface area contributed by atoms with Gasteiger partial charge < -0.3 is 14.7 Å². The van der Waals surface area contributed by atoms with Gasteiger partial charge in [-0.3, -0.25) is 9.59 Å². The molecular formula is C13H21NO4. The number of hydrogen-bond acceptors (Lipinski definition) is 3. The van der Waals surface area contributed by atoms with E-state index in [0.717, 1.165) is 25.7 Å². The predicted molar refractivity (Wildman–Crippen MR) is 65.2 cm³/mol. The summed E-state index contributed by atoms with van der Waals surface area (Å²) < 4.78 is 5.44. The van der Waals surface area contributed by atoms with Gasteiger partial charge >= 0.3 is 5.97 Å². The van der Waals surface area contributed by atoms with E-state index in [1.807, 2.05) is 4.90 Å². The molecule has 0 radical (unpaired) electrons. The van der Waals surface area contributed by atoms with Gasteiger partial charge in [0.05, 0.1) is 18.6 Å². The second-order valence-corrected chi connectivity index (χ2v) is 5.62. The molecule has 1 aliphatic heterocycles. The normalized spacial score (nSPS) is 30.5. The lowest BCUT2D eigenvalue weighted by Crippen LogP contribution is -2.57. The van der Waals surface area contributed by atoms with Crippen LogP contribution in [0.15, 0.2) is 0 Å². The highest BCUT2D eigenvalue weighted by atomic mass is 16.5. The second kappa shape index (κ2) is 5.26. The summed E-state index contributed by atoms with van der Waals surface area (Å²) >= 11 is 0. The number of hydrogen-bond donors (Lipinski definition) is 1. The quantitative estimate of drug-likeness (QED) is 0.828. The molecule has 0 spiro atoms. The average Bonchev–Trinajstić information content (AvgIpc) is 2.33. The molecule has 0 aromatic carbocycles. The summed E-state index contributed by atoms with van der Waals surface area (Å²) in [6.45, 7) is 2.20. The highest BCUT2D eigenvalue weighted by Gasteiger charge is 2.40. The van der Waals surface area contributed by atoms with Gasteiger partial charge in [-0.25, -0.2) is 0 Å². The SMILES string of the molecule is CC1(CC(=O)O)CN(C2CCCCC2)C(=O)CO1. The monoisotopic (exact) mass is 255 g/mol. The van der Waals surface area contributed by atoms with Crippen LogP contribution in [-0.2, 0) is 14.3 Å². The van der Waals surface area contributed by atoms with E-state index in [1.54, 1.807) is 6.92 Å². The Morgan fingerprint density at radius 2 is 2.11 bits per heavy atom. The number of carboxylic acid groups (broad SMARTS) is 1. The zero-order chi connectivity index (χ0) is 13.2. The lowest BCUT2D eigenvalue weighted by Gasteiger charge is -2.44. The molecule has 102 valence electrons. The van der Waals surface area contributed by atoms with Gasteiger partial charge in [0.1, 0.15) is 6.61 Å². The minimum absolute atomic E-state index is 0.00441. The van der Waals surface area contributed by atoms with Crippen LogP contribution in [0.2, 0.25) is 0 Å². The molecular weight excluding hydrogens is 234 g/mol. The maximum atomic E-state index is 11.9. The number of carbonyl (C=O) groups is 2. The van der Waals surface area contributed by atoms with Gasteiger partial charge in [-0.05, 0) is 19.8 Å². The Labute approximate surface area is 107 Å². The summed E-state index contributed by atoms with van der Waals surface area (Å²) in [4.78, 5) is 24.6. The first-order valence-corrected chi connectivity index (χ1v) is 6.65. The van der Waals surface area contributed by atoms with Crippen LogP contribution in [0.3, 0.4) is 0 Å². The van der Waals surface area contributed by atoms with Gasteiger partial charge in [-0.15, -0.1) is 0 Å². The van der Waals surface area contributed by atoms with Crippen molar-refractivity contribution in [1.82, 2.24) is 4.90 Å². The fourth-order valence-electron chi connectivity index (χ4n) is 2.97. The van der Waals surface area contributed by atoms with Crippen LogP contribution in [0, 0.1) is 0 Å². The Bertz CT molecular complexity index is 338. The van der Waals surface area contributed by atoms with E-state index in [1.165, 1.54) is 6.42 Å². The van der Waals surface area contributed by atoms with E-state index >= 15 is 0 Å². The largest absolute Gasteiger partial charge is 0.481 e. The fraction of sp³-hybridized carbons (Fsp3) is 0.846. The lowest BCUT2D eigenvalue weighted by molar-refractivity contribution is -0.172. The van der Waals surface area contributed by atoms with Crippen molar-refractivity contribution in [3.8, 4) is 0 Å². The Kier molecular flexibility index (Phi) is 3.90. The molecule has 0 bridgehead atoms. The molecule has 18 heavy (non-hydrogen) atoms. The van der Waals surface area contributed by atoms with E-state index in [-0.39, 0.29) is 25.0 Å². The van der Waals surface area contributed by atoms with Crippen molar-refractivity contribution in [3.05, 3.63) is 0 Å². The summed E-state index contributed by atoms with van der Waals surface area (Å²) in [5, 5.41) is 8.91. The number of amides is 1. The van der Waals surface area contributed by atoms with Crippen molar-refractivity contribution in [1.29, 1.82) is 0 Å². The zero-order valence-corrected chi connectivity index (χ0v) is 10.9. The van der Waals surface area contributed by atoms with Crippen LogP contribution in [0.5, 0.6) is 0 Å². The second-order valence-electron chi connectivity index (χ2n) is 5.62. The molecule has 1 heterocycles. The van der Waals surface area contributed by atoms with Gasteiger partial charge in [-0.1, -0.05) is 19.3 Å². The maximum absolute atomic E-state index is 11.9. The highest BCUT2D eigenvalue weighted by Crippen LogP contribution is 2.29. The molecule has 5 heteroatoms. The highest BCUT2D eigenvalue weighted by molar-refractivity contribution is 5.79. The summed E-state index contributed by atoms with van der Waals surface area (Å²) in [6, 6.07) is 0.281. The molecule has 2 aliphatic rings. The van der Waals surface area contributed by atoms with Crippen LogP contribution in [0.1, 0.15) is 45.4 Å². The Morgan fingerprint density at radius 1 is 1.44 bits per heavy atom. The van der Waals surface area contributed by atoms with Gasteiger partial charge in [-0.2, -0.15) is 0 Å². The minimum atomic E-state index is -0.879. The predicted octanol–water partition coefficient (Wildman–Crippen LogP) is 1.41. The molecule has 2 rings (SSSR count). The molecule has 1 saturated carbocycles. The average molecular weight is 255 g/mol. The standard InChI is InChI=1S/C13H21NO4/c1-13(7-12(16)17)9-14(11(15)8-18-13)10-5-3-2-4-6-10/h10H,2-9H2,1H3,(H,16,17). The third-order valence-corrected chi connectivity index (χ3v) is 3.91. The van der Waals surface area contributed by atoms with E-state index in [2.05, 4.69) is 0 Å². The molecule has 1 N–H and O–H groups in total. The number of carboxylic acids is 1. The summed E-state index contributed by atoms with van der Waals surface area (Å²) in [5.74, 6) is -0.875. The Balaban J connectivity index is 2.03. The molecule has 1 unspecified atom stereocenters. The van der Waals surface area contributed by atoms with Crippen LogP contribution >= 0.6 is 0 Å². The summed E-state index contributed by atoms with van der Waals surface area (Å²) in [6.07, 6.45) is 5.57. The van der Waals surface area contributed by atoms with Crippen molar-refractivity contribution in [2.45, 2.75) is 57.1 Å². The van der Waals surface area contributed by atoms with Crippen LogP contribution in [0.4, 0.5) is 0 Å². The number of rotatable bonds is 3. The number of nitrogens with zero attached hydrogens (tertiary/aromatic N) is 1. The number of morpholine rings is 1. The third kappa shape index (κ3) is 3.02. The van der Waals surface area contributed by atoms with Crippen molar-refractivity contribution in [2.24, 2.45) is 0 Å². The molecule has 1 aliphatic carbocycles. The fourth-order valence-corrected chi connectivity index (χ4v) is 2.97. The number of carbonyl (C=O) groups excluding carboxylic acids is 1. The first-order chi connectivity index (χ1) is 8.50. The summed E-state index contributed by atoms with van der Waals surface area (Å²) in [7, 11) is 0. The topological polar surface area (TPSA) is 66.8 Å². The van der Waals surface area contributed by atoms with E-state index in [9.17, 15) is 9.59 Å². The molecule has 2 fully saturated rings.